The lowest BCUT2D eigenvalue weighted by Crippen LogP contribution is -2.53. The van der Waals surface area contributed by atoms with E-state index in [4.69, 9.17) is 5.11 Å². The number of carboxylic acids is 1. The number of carboxylic acid groups (broad SMARTS) is 1. The largest absolute Gasteiger partial charge is 0.481 e. The van der Waals surface area contributed by atoms with Gasteiger partial charge in [0.05, 0.1) is 5.41 Å². The van der Waals surface area contributed by atoms with Crippen molar-refractivity contribution in [1.29, 1.82) is 0 Å². The molecule has 0 bridgehead atoms. The van der Waals surface area contributed by atoms with Gasteiger partial charge in [0.1, 0.15) is 0 Å². The average Bonchev–Trinajstić information content (AvgIpc) is 2.46. The zero-order chi connectivity index (χ0) is 17.3. The minimum Gasteiger partial charge on any atom is -0.481 e. The zero-order valence-electron chi connectivity index (χ0n) is 15.1. The van der Waals surface area contributed by atoms with Gasteiger partial charge in [-0.1, -0.05) is 38.8 Å². The van der Waals surface area contributed by atoms with Gasteiger partial charge in [0, 0.05) is 6.61 Å². The fraction of sp³-hybridized carbons (Fsp3) is 0.850. The summed E-state index contributed by atoms with van der Waals surface area (Å²) >= 11 is 0. The van der Waals surface area contributed by atoms with E-state index < -0.39 is 11.4 Å². The maximum Gasteiger partial charge on any atom is 0.309 e. The smallest absolute Gasteiger partial charge is 0.309 e. The third-order valence-corrected chi connectivity index (χ3v) is 7.08. The first-order valence-electron chi connectivity index (χ1n) is 9.27. The predicted octanol–water partition coefficient (Wildman–Crippen LogP) is 4.65. The third kappa shape index (κ3) is 3.35. The second kappa shape index (κ2) is 6.96. The topological polar surface area (TPSA) is 57.5 Å². The van der Waals surface area contributed by atoms with Crippen LogP contribution in [0.2, 0.25) is 0 Å². The minimum absolute atomic E-state index is 0.0691. The van der Waals surface area contributed by atoms with Crippen LogP contribution < -0.4 is 0 Å². The van der Waals surface area contributed by atoms with Crippen LogP contribution in [-0.2, 0) is 4.79 Å². The highest BCUT2D eigenvalue weighted by Gasteiger charge is 2.57. The van der Waals surface area contributed by atoms with Crippen LogP contribution >= 0.6 is 0 Å². The lowest BCUT2D eigenvalue weighted by atomic mass is 9.46. The van der Waals surface area contributed by atoms with E-state index in [9.17, 15) is 9.90 Å². The lowest BCUT2D eigenvalue weighted by molar-refractivity contribution is -0.164. The molecule has 3 nitrogen and oxygen atoms in total. The summed E-state index contributed by atoms with van der Waals surface area (Å²) in [4.78, 5) is 12.0. The number of fused-ring (bicyclic) bond motifs is 1. The summed E-state index contributed by atoms with van der Waals surface area (Å²) < 4.78 is 0. The van der Waals surface area contributed by atoms with Crippen LogP contribution in [0.3, 0.4) is 0 Å². The molecule has 0 aromatic heterocycles. The fourth-order valence-corrected chi connectivity index (χ4v) is 5.55. The van der Waals surface area contributed by atoms with E-state index in [-0.39, 0.29) is 17.9 Å². The SMILES string of the molecule is C=C1CC[C@H]2[C@@](C)(C(=O)O)CCC[C@]2(C)C1CC[C@H](C)CCO. The Labute approximate surface area is 141 Å². The Morgan fingerprint density at radius 2 is 2.04 bits per heavy atom. The van der Waals surface area contributed by atoms with Crippen molar-refractivity contribution in [3.8, 4) is 0 Å². The highest BCUT2D eigenvalue weighted by atomic mass is 16.4. The molecular formula is C20H34O3. The van der Waals surface area contributed by atoms with Gasteiger partial charge in [-0.2, -0.15) is 0 Å². The molecule has 2 saturated carbocycles. The lowest BCUT2D eigenvalue weighted by Gasteiger charge is -2.57. The summed E-state index contributed by atoms with van der Waals surface area (Å²) in [6, 6.07) is 0. The molecular weight excluding hydrogens is 288 g/mol. The van der Waals surface area contributed by atoms with Crippen LogP contribution in [0.25, 0.3) is 0 Å². The quantitative estimate of drug-likeness (QED) is 0.700. The highest BCUT2D eigenvalue weighted by molar-refractivity contribution is 5.75. The fourth-order valence-electron chi connectivity index (χ4n) is 5.55. The molecule has 132 valence electrons. The van der Waals surface area contributed by atoms with Crippen molar-refractivity contribution in [2.75, 3.05) is 6.61 Å². The van der Waals surface area contributed by atoms with E-state index in [1.807, 2.05) is 6.92 Å². The first-order chi connectivity index (χ1) is 10.8. The molecule has 0 aromatic rings. The maximum atomic E-state index is 12.0. The Balaban J connectivity index is 2.21. The molecule has 0 amide bonds. The number of carbonyl (C=O) groups is 1. The summed E-state index contributed by atoms with van der Waals surface area (Å²) in [6.45, 7) is 11.1. The first kappa shape index (κ1) is 18.5. The molecule has 0 aliphatic heterocycles. The molecule has 0 heterocycles. The molecule has 5 atom stereocenters. The second-order valence-electron chi connectivity index (χ2n) is 8.58. The normalized spacial score (nSPS) is 38.9. The Morgan fingerprint density at radius 1 is 1.35 bits per heavy atom. The van der Waals surface area contributed by atoms with Gasteiger partial charge in [-0.3, -0.25) is 4.79 Å². The van der Waals surface area contributed by atoms with Gasteiger partial charge in [-0.05, 0) is 68.6 Å². The summed E-state index contributed by atoms with van der Waals surface area (Å²) in [5.74, 6) is 0.589. The van der Waals surface area contributed by atoms with Crippen molar-refractivity contribution >= 4 is 5.97 Å². The molecule has 2 fully saturated rings. The summed E-state index contributed by atoms with van der Waals surface area (Å²) in [5, 5.41) is 19.0. The van der Waals surface area contributed by atoms with E-state index in [1.54, 1.807) is 0 Å². The van der Waals surface area contributed by atoms with Crippen LogP contribution in [-0.4, -0.2) is 22.8 Å². The molecule has 23 heavy (non-hydrogen) atoms. The number of aliphatic carboxylic acids is 1. The number of hydrogen-bond acceptors (Lipinski definition) is 2. The number of aliphatic hydroxyl groups excluding tert-OH is 1. The zero-order valence-corrected chi connectivity index (χ0v) is 15.1. The van der Waals surface area contributed by atoms with Crippen LogP contribution in [0.15, 0.2) is 12.2 Å². The molecule has 1 unspecified atom stereocenters. The first-order valence-corrected chi connectivity index (χ1v) is 9.27. The molecule has 0 radical (unpaired) electrons. The standard InChI is InChI=1S/C20H34O3/c1-14(10-13-21)6-8-16-15(2)7-9-17-19(16,3)11-5-12-20(17,4)18(22)23/h14,16-17,21H,2,5-13H2,1,3-4H3,(H,22,23)/t14-,16?,17+,19+,20-/m0/s1. The Morgan fingerprint density at radius 3 is 2.65 bits per heavy atom. The van der Waals surface area contributed by atoms with E-state index in [0.717, 1.165) is 51.4 Å². The van der Waals surface area contributed by atoms with Gasteiger partial charge in [0.25, 0.3) is 0 Å². The van der Waals surface area contributed by atoms with Crippen LogP contribution in [0.4, 0.5) is 0 Å². The average molecular weight is 322 g/mol. The van der Waals surface area contributed by atoms with Gasteiger partial charge < -0.3 is 10.2 Å². The van der Waals surface area contributed by atoms with Crippen LogP contribution in [0, 0.1) is 28.6 Å². The summed E-state index contributed by atoms with van der Waals surface area (Å²) in [5.41, 5.74) is 0.817. The Hall–Kier alpha value is -0.830. The summed E-state index contributed by atoms with van der Waals surface area (Å²) in [6.07, 6.45) is 7.92. The van der Waals surface area contributed by atoms with E-state index in [2.05, 4.69) is 20.4 Å². The Kier molecular flexibility index (Phi) is 5.60. The van der Waals surface area contributed by atoms with Crippen LogP contribution in [0.1, 0.15) is 72.1 Å². The number of allylic oxidation sites excluding steroid dienone is 1. The van der Waals surface area contributed by atoms with Gasteiger partial charge in [-0.15, -0.1) is 0 Å². The molecule has 2 rings (SSSR count). The summed E-state index contributed by atoms with van der Waals surface area (Å²) in [7, 11) is 0. The van der Waals surface area contributed by atoms with Gasteiger partial charge in [0.2, 0.25) is 0 Å². The molecule has 2 aliphatic rings. The van der Waals surface area contributed by atoms with Crippen molar-refractivity contribution < 1.29 is 15.0 Å². The molecule has 0 aromatic carbocycles. The third-order valence-electron chi connectivity index (χ3n) is 7.08. The Bertz CT molecular complexity index is 458. The molecule has 2 aliphatic carbocycles. The highest BCUT2D eigenvalue weighted by Crippen LogP contribution is 2.62. The monoisotopic (exact) mass is 322 g/mol. The van der Waals surface area contributed by atoms with Crippen molar-refractivity contribution in [2.45, 2.75) is 72.1 Å². The number of rotatable bonds is 6. The maximum absolute atomic E-state index is 12.0. The van der Waals surface area contributed by atoms with Crippen molar-refractivity contribution in [2.24, 2.45) is 28.6 Å². The number of hydrogen-bond donors (Lipinski definition) is 2. The molecule has 3 heteroatoms. The molecule has 0 spiro atoms. The van der Waals surface area contributed by atoms with E-state index in [1.165, 1.54) is 5.57 Å². The predicted molar refractivity (Wildman–Crippen MR) is 93.2 cm³/mol. The van der Waals surface area contributed by atoms with E-state index in [0.29, 0.717) is 11.8 Å². The van der Waals surface area contributed by atoms with Crippen molar-refractivity contribution in [1.82, 2.24) is 0 Å². The minimum atomic E-state index is -0.617. The van der Waals surface area contributed by atoms with Gasteiger partial charge in [0.15, 0.2) is 0 Å². The van der Waals surface area contributed by atoms with Crippen molar-refractivity contribution in [3.63, 3.8) is 0 Å². The van der Waals surface area contributed by atoms with Crippen molar-refractivity contribution in [3.05, 3.63) is 12.2 Å². The van der Waals surface area contributed by atoms with E-state index >= 15 is 0 Å². The molecule has 2 N–H and O–H groups in total. The second-order valence-corrected chi connectivity index (χ2v) is 8.58. The van der Waals surface area contributed by atoms with Crippen LogP contribution in [0.5, 0.6) is 0 Å². The molecule has 0 saturated heterocycles. The van der Waals surface area contributed by atoms with Gasteiger partial charge >= 0.3 is 5.97 Å². The number of aliphatic hydroxyl groups is 1. The van der Waals surface area contributed by atoms with Gasteiger partial charge in [-0.25, -0.2) is 0 Å².